The van der Waals surface area contributed by atoms with E-state index in [4.69, 9.17) is 34.8 Å². The number of benzene rings is 2. The summed E-state index contributed by atoms with van der Waals surface area (Å²) < 4.78 is 0. The first-order chi connectivity index (χ1) is 8.66. The second-order valence-electron chi connectivity index (χ2n) is 4.13. The molecule has 0 saturated carbocycles. The molecule has 2 unspecified atom stereocenters. The zero-order chi connectivity index (χ0) is 13.0. The van der Waals surface area contributed by atoms with Crippen LogP contribution < -0.4 is 0 Å². The van der Waals surface area contributed by atoms with E-state index in [1.807, 2.05) is 54.6 Å². The van der Waals surface area contributed by atoms with Crippen LogP contribution in [0.2, 0.25) is 5.02 Å². The first kappa shape index (κ1) is 13.7. The molecule has 2 rings (SSSR count). The molecular weight excluding hydrogens is 287 g/mol. The van der Waals surface area contributed by atoms with Crippen LogP contribution in [-0.4, -0.2) is 0 Å². The van der Waals surface area contributed by atoms with Gasteiger partial charge in [-0.05, 0) is 29.7 Å². The van der Waals surface area contributed by atoms with Crippen molar-refractivity contribution in [3.8, 4) is 0 Å². The Morgan fingerprint density at radius 2 is 1.22 bits per heavy atom. The largest absolute Gasteiger partial charge is 0.118 e. The molecule has 0 radical (unpaired) electrons. The molecule has 0 heterocycles. The molecule has 0 aromatic heterocycles. The van der Waals surface area contributed by atoms with Crippen LogP contribution in [0.1, 0.15) is 28.3 Å². The Hall–Kier alpha value is -0.690. The smallest absolute Gasteiger partial charge is 0.0602 e. The van der Waals surface area contributed by atoms with Gasteiger partial charge in [0.25, 0.3) is 0 Å². The Balaban J connectivity index is 2.03. The standard InChI is InChI=1S/C15H13Cl3/c16-13-8-6-12(7-9-13)15(18)10-14(17)11-4-2-1-3-5-11/h1-9,14-15H,10H2. The molecule has 3 heteroatoms. The first-order valence-corrected chi connectivity index (χ1v) is 7.00. The number of hydrogen-bond acceptors (Lipinski definition) is 0. The number of halogens is 3. The Bertz CT molecular complexity index is 479. The van der Waals surface area contributed by atoms with Crippen LogP contribution in [0.4, 0.5) is 0 Å². The van der Waals surface area contributed by atoms with Gasteiger partial charge in [-0.25, -0.2) is 0 Å². The monoisotopic (exact) mass is 298 g/mol. The minimum Gasteiger partial charge on any atom is -0.118 e. The zero-order valence-corrected chi connectivity index (χ0v) is 12.0. The van der Waals surface area contributed by atoms with E-state index in [2.05, 4.69) is 0 Å². The van der Waals surface area contributed by atoms with Gasteiger partial charge in [-0.15, -0.1) is 23.2 Å². The molecule has 0 N–H and O–H groups in total. The second kappa shape index (κ2) is 6.47. The minimum absolute atomic E-state index is 0.0793. The lowest BCUT2D eigenvalue weighted by atomic mass is 10.0. The lowest BCUT2D eigenvalue weighted by molar-refractivity contribution is 0.769. The summed E-state index contributed by atoms with van der Waals surface area (Å²) in [7, 11) is 0. The van der Waals surface area contributed by atoms with Gasteiger partial charge < -0.3 is 0 Å². The van der Waals surface area contributed by atoms with E-state index < -0.39 is 0 Å². The fourth-order valence-corrected chi connectivity index (χ4v) is 2.65. The van der Waals surface area contributed by atoms with Gasteiger partial charge in [0.05, 0.1) is 10.8 Å². The fourth-order valence-electron chi connectivity index (χ4n) is 1.79. The lowest BCUT2D eigenvalue weighted by Gasteiger charge is -2.15. The molecule has 0 bridgehead atoms. The molecule has 0 aliphatic heterocycles. The van der Waals surface area contributed by atoms with Crippen molar-refractivity contribution in [3.63, 3.8) is 0 Å². The van der Waals surface area contributed by atoms with Crippen LogP contribution in [0, 0.1) is 0 Å². The average molecular weight is 300 g/mol. The van der Waals surface area contributed by atoms with Crippen LogP contribution in [-0.2, 0) is 0 Å². The van der Waals surface area contributed by atoms with Crippen molar-refractivity contribution in [2.24, 2.45) is 0 Å². The molecule has 0 aliphatic carbocycles. The maximum atomic E-state index is 6.38. The van der Waals surface area contributed by atoms with Gasteiger partial charge in [0.15, 0.2) is 0 Å². The van der Waals surface area contributed by atoms with E-state index in [9.17, 15) is 0 Å². The van der Waals surface area contributed by atoms with E-state index in [-0.39, 0.29) is 10.8 Å². The van der Waals surface area contributed by atoms with E-state index in [1.54, 1.807) is 0 Å². The summed E-state index contributed by atoms with van der Waals surface area (Å²) in [5.74, 6) is 0. The van der Waals surface area contributed by atoms with Crippen molar-refractivity contribution in [2.45, 2.75) is 17.2 Å². The second-order valence-corrected chi connectivity index (χ2v) is 5.62. The Kier molecular flexibility index (Phi) is 4.94. The highest BCUT2D eigenvalue weighted by atomic mass is 35.5. The third-order valence-corrected chi connectivity index (χ3v) is 3.92. The number of hydrogen-bond donors (Lipinski definition) is 0. The predicted molar refractivity (Wildman–Crippen MR) is 79.7 cm³/mol. The third-order valence-electron chi connectivity index (χ3n) is 2.81. The molecule has 0 nitrogen and oxygen atoms in total. The van der Waals surface area contributed by atoms with Crippen LogP contribution >= 0.6 is 34.8 Å². The van der Waals surface area contributed by atoms with Crippen LogP contribution in [0.25, 0.3) is 0 Å². The Morgan fingerprint density at radius 1 is 0.722 bits per heavy atom. The molecule has 0 amide bonds. The van der Waals surface area contributed by atoms with Gasteiger partial charge in [0.2, 0.25) is 0 Å². The molecule has 2 atom stereocenters. The number of alkyl halides is 2. The van der Waals surface area contributed by atoms with Gasteiger partial charge in [-0.2, -0.15) is 0 Å². The third kappa shape index (κ3) is 3.65. The molecular formula is C15H13Cl3. The molecule has 0 spiro atoms. The topological polar surface area (TPSA) is 0 Å². The van der Waals surface area contributed by atoms with Crippen LogP contribution in [0.3, 0.4) is 0 Å². The molecule has 0 aliphatic rings. The first-order valence-electron chi connectivity index (χ1n) is 5.75. The molecule has 18 heavy (non-hydrogen) atoms. The Morgan fingerprint density at radius 3 is 1.78 bits per heavy atom. The van der Waals surface area contributed by atoms with E-state index >= 15 is 0 Å². The van der Waals surface area contributed by atoms with Gasteiger partial charge >= 0.3 is 0 Å². The highest BCUT2D eigenvalue weighted by Crippen LogP contribution is 2.35. The quantitative estimate of drug-likeness (QED) is 0.608. The van der Waals surface area contributed by atoms with Crippen LogP contribution in [0.5, 0.6) is 0 Å². The summed E-state index contributed by atoms with van der Waals surface area (Å²) in [5, 5.41) is 0.530. The Labute approximate surface area is 122 Å². The van der Waals surface area contributed by atoms with E-state index in [0.717, 1.165) is 11.1 Å². The minimum atomic E-state index is -0.107. The maximum Gasteiger partial charge on any atom is 0.0602 e. The van der Waals surface area contributed by atoms with Gasteiger partial charge in [0.1, 0.15) is 0 Å². The molecule has 0 fully saturated rings. The van der Waals surface area contributed by atoms with Gasteiger partial charge in [-0.1, -0.05) is 54.1 Å². The summed E-state index contributed by atoms with van der Waals surface area (Å²) in [6, 6.07) is 17.5. The summed E-state index contributed by atoms with van der Waals surface area (Å²) in [6.07, 6.45) is 0.689. The molecule has 94 valence electrons. The van der Waals surface area contributed by atoms with Crippen LogP contribution in [0.15, 0.2) is 54.6 Å². The average Bonchev–Trinajstić information content (AvgIpc) is 2.40. The predicted octanol–water partition coefficient (Wildman–Crippen LogP) is 5.99. The van der Waals surface area contributed by atoms with Crippen molar-refractivity contribution in [3.05, 3.63) is 70.7 Å². The van der Waals surface area contributed by atoms with Crippen molar-refractivity contribution < 1.29 is 0 Å². The fraction of sp³-hybridized carbons (Fsp3) is 0.200. The maximum absolute atomic E-state index is 6.38. The normalized spacial score (nSPS) is 14.2. The molecule has 2 aromatic carbocycles. The highest BCUT2D eigenvalue weighted by Gasteiger charge is 2.15. The van der Waals surface area contributed by atoms with E-state index in [0.29, 0.717) is 11.4 Å². The summed E-state index contributed by atoms with van der Waals surface area (Å²) >= 11 is 18.6. The zero-order valence-electron chi connectivity index (χ0n) is 9.69. The summed E-state index contributed by atoms with van der Waals surface area (Å²) in [5.41, 5.74) is 2.14. The van der Waals surface area contributed by atoms with Gasteiger partial charge in [0, 0.05) is 5.02 Å². The summed E-state index contributed by atoms with van der Waals surface area (Å²) in [6.45, 7) is 0. The lowest BCUT2D eigenvalue weighted by Crippen LogP contribution is -1.97. The highest BCUT2D eigenvalue weighted by molar-refractivity contribution is 6.30. The number of rotatable bonds is 4. The van der Waals surface area contributed by atoms with Crippen molar-refractivity contribution in [1.29, 1.82) is 0 Å². The summed E-state index contributed by atoms with van der Waals surface area (Å²) in [4.78, 5) is 0. The van der Waals surface area contributed by atoms with Crippen molar-refractivity contribution >= 4 is 34.8 Å². The molecule has 2 aromatic rings. The SMILES string of the molecule is Clc1ccc(C(Cl)CC(Cl)c2ccccc2)cc1. The van der Waals surface area contributed by atoms with Crippen molar-refractivity contribution in [1.82, 2.24) is 0 Å². The van der Waals surface area contributed by atoms with E-state index in [1.165, 1.54) is 0 Å². The van der Waals surface area contributed by atoms with Gasteiger partial charge in [-0.3, -0.25) is 0 Å². The van der Waals surface area contributed by atoms with Crippen molar-refractivity contribution in [2.75, 3.05) is 0 Å². The molecule has 0 saturated heterocycles.